The molecule has 0 heterocycles. The summed E-state index contributed by atoms with van der Waals surface area (Å²) >= 11 is 1.44. The van der Waals surface area contributed by atoms with Crippen molar-refractivity contribution in [2.75, 3.05) is 5.75 Å². The van der Waals surface area contributed by atoms with Gasteiger partial charge in [0.25, 0.3) is 0 Å². The number of rotatable bonds is 6. The van der Waals surface area contributed by atoms with Crippen LogP contribution in [0.25, 0.3) is 0 Å². The van der Waals surface area contributed by atoms with Crippen molar-refractivity contribution in [2.24, 2.45) is 5.73 Å². The van der Waals surface area contributed by atoms with Crippen molar-refractivity contribution in [3.8, 4) is 0 Å². The highest BCUT2D eigenvalue weighted by atomic mass is 35.5. The lowest BCUT2D eigenvalue weighted by atomic mass is 10.1. The Labute approximate surface area is 108 Å². The number of aryl methyl sites for hydroxylation is 1. The van der Waals surface area contributed by atoms with Gasteiger partial charge in [-0.15, -0.1) is 12.4 Å². The van der Waals surface area contributed by atoms with Crippen LogP contribution in [0.1, 0.15) is 24.8 Å². The van der Waals surface area contributed by atoms with E-state index in [0.717, 1.165) is 18.6 Å². The van der Waals surface area contributed by atoms with Crippen molar-refractivity contribution in [3.05, 3.63) is 35.9 Å². The maximum Gasteiger partial charge on any atom is 0.151 e. The molecule has 0 bridgehead atoms. The first-order valence-electron chi connectivity index (χ1n) is 5.30. The Kier molecular flexibility index (Phi) is 9.15. The normalized spacial score (nSPS) is 9.50. The number of unbranched alkanes of at least 4 members (excludes halogenated alkanes) is 2. The fourth-order valence-corrected chi connectivity index (χ4v) is 2.00. The highest BCUT2D eigenvalue weighted by Gasteiger charge is 1.94. The third kappa shape index (κ3) is 7.60. The van der Waals surface area contributed by atoms with Gasteiger partial charge in [-0.25, -0.2) is 0 Å². The molecule has 0 saturated heterocycles. The van der Waals surface area contributed by atoms with Crippen LogP contribution in [0.5, 0.6) is 0 Å². The Morgan fingerprint density at radius 1 is 1.12 bits per heavy atom. The van der Waals surface area contributed by atoms with E-state index in [2.05, 4.69) is 24.3 Å². The first kappa shape index (κ1) is 15.3. The maximum absolute atomic E-state index is 7.05. The monoisotopic (exact) mass is 258 g/mol. The summed E-state index contributed by atoms with van der Waals surface area (Å²) in [6, 6.07) is 10.6. The fourth-order valence-electron chi connectivity index (χ4n) is 1.43. The van der Waals surface area contributed by atoms with Gasteiger partial charge in [0.05, 0.1) is 0 Å². The van der Waals surface area contributed by atoms with Gasteiger partial charge >= 0.3 is 0 Å². The Bertz CT molecular complexity index is 290. The average Bonchev–Trinajstić information content (AvgIpc) is 2.24. The van der Waals surface area contributed by atoms with Gasteiger partial charge in [-0.1, -0.05) is 48.5 Å². The second-order valence-electron chi connectivity index (χ2n) is 3.51. The third-order valence-electron chi connectivity index (χ3n) is 2.21. The number of halogens is 1. The summed E-state index contributed by atoms with van der Waals surface area (Å²) in [4.78, 5) is 0. The van der Waals surface area contributed by atoms with Crippen LogP contribution >= 0.6 is 24.2 Å². The van der Waals surface area contributed by atoms with Crippen LogP contribution in [0.2, 0.25) is 0 Å². The van der Waals surface area contributed by atoms with Crippen molar-refractivity contribution in [1.82, 2.24) is 0 Å². The van der Waals surface area contributed by atoms with E-state index in [1.807, 2.05) is 6.07 Å². The second kappa shape index (κ2) is 9.55. The summed E-state index contributed by atoms with van der Waals surface area (Å²) in [7, 11) is 0. The Balaban J connectivity index is 0.00000225. The molecule has 1 aromatic rings. The number of hydrogen-bond acceptors (Lipinski definition) is 2. The van der Waals surface area contributed by atoms with Crippen LogP contribution < -0.4 is 5.73 Å². The van der Waals surface area contributed by atoms with E-state index >= 15 is 0 Å². The van der Waals surface area contributed by atoms with Gasteiger partial charge in [0.1, 0.15) is 0 Å². The Hall–Kier alpha value is -0.670. The Morgan fingerprint density at radius 2 is 1.81 bits per heavy atom. The number of amidine groups is 1. The van der Waals surface area contributed by atoms with E-state index in [1.54, 1.807) is 0 Å². The predicted octanol–water partition coefficient (Wildman–Crippen LogP) is 3.45. The molecule has 0 saturated carbocycles. The van der Waals surface area contributed by atoms with Crippen LogP contribution in [-0.4, -0.2) is 10.9 Å². The zero-order valence-electron chi connectivity index (χ0n) is 9.32. The third-order valence-corrected chi connectivity index (χ3v) is 3.01. The van der Waals surface area contributed by atoms with Crippen molar-refractivity contribution >= 4 is 29.3 Å². The number of nitrogens with one attached hydrogen (secondary N) is 1. The average molecular weight is 259 g/mol. The van der Waals surface area contributed by atoms with E-state index in [1.165, 1.54) is 30.2 Å². The fraction of sp³-hybridized carbons (Fsp3) is 0.417. The molecule has 0 aliphatic rings. The summed E-state index contributed by atoms with van der Waals surface area (Å²) in [6.07, 6.45) is 4.75. The van der Waals surface area contributed by atoms with Crippen molar-refractivity contribution in [1.29, 1.82) is 5.41 Å². The summed E-state index contributed by atoms with van der Waals surface area (Å²) in [5.74, 6) is 0.976. The SMILES string of the molecule is Cl.N=C(N)SCCCCCc1ccccc1. The zero-order valence-corrected chi connectivity index (χ0v) is 10.9. The van der Waals surface area contributed by atoms with E-state index in [9.17, 15) is 0 Å². The quantitative estimate of drug-likeness (QED) is 0.467. The highest BCUT2D eigenvalue weighted by molar-refractivity contribution is 8.13. The molecular formula is C12H19ClN2S. The second-order valence-corrected chi connectivity index (χ2v) is 4.65. The molecule has 90 valence electrons. The van der Waals surface area contributed by atoms with Crippen molar-refractivity contribution < 1.29 is 0 Å². The summed E-state index contributed by atoms with van der Waals surface area (Å²) in [6.45, 7) is 0. The smallest absolute Gasteiger partial charge is 0.151 e. The van der Waals surface area contributed by atoms with E-state index < -0.39 is 0 Å². The van der Waals surface area contributed by atoms with Gasteiger partial charge in [-0.3, -0.25) is 5.41 Å². The van der Waals surface area contributed by atoms with Crippen LogP contribution in [0.3, 0.4) is 0 Å². The maximum atomic E-state index is 7.05. The highest BCUT2D eigenvalue weighted by Crippen LogP contribution is 2.09. The topological polar surface area (TPSA) is 49.9 Å². The zero-order chi connectivity index (χ0) is 10.9. The summed E-state index contributed by atoms with van der Waals surface area (Å²) < 4.78 is 0. The first-order valence-corrected chi connectivity index (χ1v) is 6.28. The minimum atomic E-state index is 0. The number of benzene rings is 1. The molecule has 1 aromatic carbocycles. The van der Waals surface area contributed by atoms with Crippen LogP contribution in [-0.2, 0) is 6.42 Å². The lowest BCUT2D eigenvalue weighted by Gasteiger charge is -2.01. The molecule has 16 heavy (non-hydrogen) atoms. The van der Waals surface area contributed by atoms with Gasteiger partial charge in [0.2, 0.25) is 0 Å². The van der Waals surface area contributed by atoms with Crippen LogP contribution in [0, 0.1) is 5.41 Å². The van der Waals surface area contributed by atoms with Gasteiger partial charge in [-0.2, -0.15) is 0 Å². The molecule has 0 aromatic heterocycles. The van der Waals surface area contributed by atoms with Crippen molar-refractivity contribution in [3.63, 3.8) is 0 Å². The largest absolute Gasteiger partial charge is 0.379 e. The van der Waals surface area contributed by atoms with Gasteiger partial charge in [-0.05, 0) is 24.8 Å². The van der Waals surface area contributed by atoms with Gasteiger partial charge in [0.15, 0.2) is 5.17 Å². The molecule has 0 amide bonds. The molecule has 2 nitrogen and oxygen atoms in total. The first-order chi connectivity index (χ1) is 7.29. The number of nitrogens with two attached hydrogens (primary N) is 1. The number of thioether (sulfide) groups is 1. The molecule has 0 fully saturated rings. The van der Waals surface area contributed by atoms with E-state index in [-0.39, 0.29) is 17.6 Å². The van der Waals surface area contributed by atoms with Gasteiger partial charge < -0.3 is 5.73 Å². The lowest BCUT2D eigenvalue weighted by molar-refractivity contribution is 0.723. The predicted molar refractivity (Wildman–Crippen MR) is 75.6 cm³/mol. The molecule has 0 spiro atoms. The minimum Gasteiger partial charge on any atom is -0.379 e. The van der Waals surface area contributed by atoms with Crippen LogP contribution in [0.4, 0.5) is 0 Å². The number of hydrogen-bond donors (Lipinski definition) is 2. The molecule has 0 atom stereocenters. The molecule has 0 radical (unpaired) electrons. The minimum absolute atomic E-state index is 0. The lowest BCUT2D eigenvalue weighted by Crippen LogP contribution is -2.04. The van der Waals surface area contributed by atoms with Crippen molar-refractivity contribution in [2.45, 2.75) is 25.7 Å². The summed E-state index contributed by atoms with van der Waals surface area (Å²) in [5, 5.41) is 7.28. The molecule has 4 heteroatoms. The van der Waals surface area contributed by atoms with Crippen LogP contribution in [0.15, 0.2) is 30.3 Å². The molecule has 1 rings (SSSR count). The molecule has 0 unspecified atom stereocenters. The molecular weight excluding hydrogens is 240 g/mol. The molecule has 3 N–H and O–H groups in total. The molecule has 0 aliphatic heterocycles. The summed E-state index contributed by atoms with van der Waals surface area (Å²) in [5.41, 5.74) is 6.66. The standard InChI is InChI=1S/C12H18N2S.ClH/c13-12(14)15-10-6-2-5-9-11-7-3-1-4-8-11;/h1,3-4,7-8H,2,5-6,9-10H2,(H3,13,14);1H. The van der Waals surface area contributed by atoms with E-state index in [0.29, 0.717) is 0 Å². The van der Waals surface area contributed by atoms with E-state index in [4.69, 9.17) is 11.1 Å². The Morgan fingerprint density at radius 3 is 2.44 bits per heavy atom. The van der Waals surface area contributed by atoms with Gasteiger partial charge in [0, 0.05) is 5.75 Å². The molecule has 0 aliphatic carbocycles.